The number of hydrogen-bond donors (Lipinski definition) is 2. The Balaban J connectivity index is 2.13. The summed E-state index contributed by atoms with van der Waals surface area (Å²) in [5, 5.41) is 13.9. The van der Waals surface area contributed by atoms with Crippen LogP contribution in [-0.2, 0) is 13.1 Å². The third kappa shape index (κ3) is 3.30. The molecule has 0 bridgehead atoms. The Bertz CT molecular complexity index is 611. The highest BCUT2D eigenvalue weighted by molar-refractivity contribution is 5.56. The lowest BCUT2D eigenvalue weighted by Crippen LogP contribution is -2.05. The Morgan fingerprint density at radius 2 is 1.85 bits per heavy atom. The molecule has 6 nitrogen and oxygen atoms in total. The lowest BCUT2D eigenvalue weighted by atomic mass is 10.1. The highest BCUT2D eigenvalue weighted by Crippen LogP contribution is 2.22. The second-order valence-corrected chi connectivity index (χ2v) is 4.45. The molecule has 6 heteroatoms. The Morgan fingerprint density at radius 1 is 1.20 bits per heavy atom. The van der Waals surface area contributed by atoms with Crippen molar-refractivity contribution in [3.05, 3.63) is 63.3 Å². The van der Waals surface area contributed by atoms with E-state index in [0.717, 1.165) is 16.8 Å². The molecular formula is C14H16N4O2. The van der Waals surface area contributed by atoms with Crippen molar-refractivity contribution in [2.45, 2.75) is 20.0 Å². The summed E-state index contributed by atoms with van der Waals surface area (Å²) in [6.45, 7) is 2.77. The molecule has 0 fully saturated rings. The molecule has 1 heterocycles. The molecular weight excluding hydrogens is 256 g/mol. The Kier molecular flexibility index (Phi) is 4.27. The third-order valence-electron chi connectivity index (χ3n) is 2.93. The highest BCUT2D eigenvalue weighted by atomic mass is 16.6. The molecule has 0 aliphatic rings. The summed E-state index contributed by atoms with van der Waals surface area (Å²) in [4.78, 5) is 14.7. The molecule has 0 spiro atoms. The van der Waals surface area contributed by atoms with E-state index in [0.29, 0.717) is 13.1 Å². The molecule has 0 saturated heterocycles. The van der Waals surface area contributed by atoms with Crippen molar-refractivity contribution in [1.29, 1.82) is 0 Å². The van der Waals surface area contributed by atoms with E-state index in [-0.39, 0.29) is 11.5 Å². The number of pyridine rings is 1. The van der Waals surface area contributed by atoms with Crippen molar-refractivity contribution < 1.29 is 4.92 Å². The van der Waals surface area contributed by atoms with E-state index in [2.05, 4.69) is 10.3 Å². The number of aromatic nitrogens is 1. The maximum atomic E-state index is 10.9. The molecule has 2 rings (SSSR count). The van der Waals surface area contributed by atoms with Crippen LogP contribution < -0.4 is 11.1 Å². The molecule has 1 aromatic heterocycles. The Hall–Kier alpha value is -2.47. The summed E-state index contributed by atoms with van der Waals surface area (Å²) in [6, 6.07) is 10.8. The zero-order chi connectivity index (χ0) is 14.5. The monoisotopic (exact) mass is 272 g/mol. The minimum Gasteiger partial charge on any atom is -0.360 e. The van der Waals surface area contributed by atoms with Crippen LogP contribution in [0.1, 0.15) is 16.8 Å². The van der Waals surface area contributed by atoms with Crippen molar-refractivity contribution in [1.82, 2.24) is 4.98 Å². The number of nitrogens with zero attached hydrogens (tertiary/aromatic N) is 2. The number of rotatable bonds is 5. The van der Waals surface area contributed by atoms with E-state index in [4.69, 9.17) is 5.73 Å². The minimum atomic E-state index is -0.438. The normalized spacial score (nSPS) is 10.3. The van der Waals surface area contributed by atoms with Gasteiger partial charge < -0.3 is 11.1 Å². The number of nitrogens with one attached hydrogen (secondary N) is 1. The zero-order valence-corrected chi connectivity index (χ0v) is 11.2. The molecule has 0 radical (unpaired) electrons. The molecule has 0 unspecified atom stereocenters. The van der Waals surface area contributed by atoms with Crippen molar-refractivity contribution in [3.63, 3.8) is 0 Å². The Morgan fingerprint density at radius 3 is 2.45 bits per heavy atom. The Labute approximate surface area is 116 Å². The zero-order valence-electron chi connectivity index (χ0n) is 11.2. The van der Waals surface area contributed by atoms with Gasteiger partial charge in [0.15, 0.2) is 0 Å². The van der Waals surface area contributed by atoms with Gasteiger partial charge in [0, 0.05) is 24.8 Å². The average molecular weight is 272 g/mol. The molecule has 0 saturated carbocycles. The van der Waals surface area contributed by atoms with Gasteiger partial charge in [-0.15, -0.1) is 0 Å². The highest BCUT2D eigenvalue weighted by Gasteiger charge is 2.14. The second kappa shape index (κ2) is 6.12. The van der Waals surface area contributed by atoms with Crippen LogP contribution in [0, 0.1) is 17.0 Å². The molecule has 20 heavy (non-hydrogen) atoms. The van der Waals surface area contributed by atoms with Crippen LogP contribution in [0.5, 0.6) is 0 Å². The summed E-state index contributed by atoms with van der Waals surface area (Å²) in [5.41, 5.74) is 8.31. The van der Waals surface area contributed by atoms with Gasteiger partial charge in [-0.2, -0.15) is 0 Å². The first-order valence-corrected chi connectivity index (χ1v) is 6.24. The van der Waals surface area contributed by atoms with Crippen LogP contribution in [0.25, 0.3) is 0 Å². The fourth-order valence-corrected chi connectivity index (χ4v) is 1.81. The summed E-state index contributed by atoms with van der Waals surface area (Å²) >= 11 is 0. The molecule has 1 aromatic carbocycles. The number of nitro groups is 1. The maximum Gasteiger partial charge on any atom is 0.311 e. The van der Waals surface area contributed by atoms with Gasteiger partial charge >= 0.3 is 5.69 Å². The molecule has 0 amide bonds. The molecule has 0 aliphatic carbocycles. The van der Waals surface area contributed by atoms with Gasteiger partial charge in [-0.1, -0.05) is 24.3 Å². The largest absolute Gasteiger partial charge is 0.360 e. The van der Waals surface area contributed by atoms with Gasteiger partial charge in [-0.05, 0) is 24.1 Å². The number of benzene rings is 1. The predicted octanol–water partition coefficient (Wildman–Crippen LogP) is 2.37. The lowest BCUT2D eigenvalue weighted by Gasteiger charge is -2.07. The van der Waals surface area contributed by atoms with E-state index in [9.17, 15) is 10.1 Å². The lowest BCUT2D eigenvalue weighted by molar-refractivity contribution is -0.384. The van der Waals surface area contributed by atoms with Gasteiger partial charge in [0.25, 0.3) is 0 Å². The van der Waals surface area contributed by atoms with Gasteiger partial charge in [0.1, 0.15) is 0 Å². The topological polar surface area (TPSA) is 94.1 Å². The van der Waals surface area contributed by atoms with Gasteiger partial charge in [0.2, 0.25) is 5.82 Å². The van der Waals surface area contributed by atoms with Crippen LogP contribution in [0.2, 0.25) is 0 Å². The molecule has 3 N–H and O–H groups in total. The number of nitrogens with two attached hydrogens (primary N) is 1. The van der Waals surface area contributed by atoms with Crippen LogP contribution >= 0.6 is 0 Å². The van der Waals surface area contributed by atoms with Crippen molar-refractivity contribution >= 4 is 11.5 Å². The van der Waals surface area contributed by atoms with E-state index in [1.54, 1.807) is 13.0 Å². The minimum absolute atomic E-state index is 0.0193. The van der Waals surface area contributed by atoms with Crippen LogP contribution in [0.3, 0.4) is 0 Å². The molecule has 0 atom stereocenters. The summed E-state index contributed by atoms with van der Waals surface area (Å²) in [7, 11) is 0. The number of hydrogen-bond acceptors (Lipinski definition) is 5. The van der Waals surface area contributed by atoms with Gasteiger partial charge in [-0.3, -0.25) is 10.1 Å². The smallest absolute Gasteiger partial charge is 0.311 e. The molecule has 104 valence electrons. The molecule has 0 aliphatic heterocycles. The summed E-state index contributed by atoms with van der Waals surface area (Å²) in [6.07, 6.45) is 0. The van der Waals surface area contributed by atoms with Crippen LogP contribution in [-0.4, -0.2) is 9.91 Å². The quantitative estimate of drug-likeness (QED) is 0.643. The van der Waals surface area contributed by atoms with Crippen LogP contribution in [0.4, 0.5) is 11.5 Å². The van der Waals surface area contributed by atoms with E-state index in [1.165, 1.54) is 6.07 Å². The van der Waals surface area contributed by atoms with E-state index in [1.807, 2.05) is 24.3 Å². The standard InChI is InChI=1S/C14H16N4O2/c1-10-2-7-13(18(19)20)14(17-10)16-9-12-5-3-11(8-15)4-6-12/h2-7H,8-9,15H2,1H3,(H,16,17). The van der Waals surface area contributed by atoms with E-state index < -0.39 is 4.92 Å². The van der Waals surface area contributed by atoms with Crippen LogP contribution in [0.15, 0.2) is 36.4 Å². The van der Waals surface area contributed by atoms with Gasteiger partial charge in [0.05, 0.1) is 4.92 Å². The summed E-state index contributed by atoms with van der Waals surface area (Å²) in [5.74, 6) is 0.290. The first-order chi connectivity index (χ1) is 9.60. The number of aryl methyl sites for hydroxylation is 1. The average Bonchev–Trinajstić information content (AvgIpc) is 2.45. The van der Waals surface area contributed by atoms with Crippen molar-refractivity contribution in [3.8, 4) is 0 Å². The van der Waals surface area contributed by atoms with Crippen molar-refractivity contribution in [2.75, 3.05) is 5.32 Å². The fraction of sp³-hybridized carbons (Fsp3) is 0.214. The van der Waals surface area contributed by atoms with Crippen molar-refractivity contribution in [2.24, 2.45) is 5.73 Å². The van der Waals surface area contributed by atoms with Gasteiger partial charge in [-0.25, -0.2) is 4.98 Å². The predicted molar refractivity (Wildman–Crippen MR) is 77.3 cm³/mol. The number of anilines is 1. The summed E-state index contributed by atoms with van der Waals surface area (Å²) < 4.78 is 0. The fourth-order valence-electron chi connectivity index (χ4n) is 1.81. The maximum absolute atomic E-state index is 10.9. The molecule has 2 aromatic rings. The first kappa shape index (κ1) is 14.0. The van der Waals surface area contributed by atoms with E-state index >= 15 is 0 Å². The second-order valence-electron chi connectivity index (χ2n) is 4.45. The first-order valence-electron chi connectivity index (χ1n) is 6.24. The SMILES string of the molecule is Cc1ccc([N+](=O)[O-])c(NCc2ccc(CN)cc2)n1. The third-order valence-corrected chi connectivity index (χ3v) is 2.93.